The van der Waals surface area contributed by atoms with E-state index in [1.165, 1.54) is 250 Å². The number of carbonyl (C=O) groups excluding carboxylic acids is 2. The molecule has 0 bridgehead atoms. The molecule has 2 unspecified atom stereocenters. The van der Waals surface area contributed by atoms with Crippen LogP contribution in [0.2, 0.25) is 0 Å². The Morgan fingerprint density at radius 2 is 0.729 bits per heavy atom. The monoisotopic (exact) mass is 984 g/mol. The van der Waals surface area contributed by atoms with Crippen molar-refractivity contribution in [3.8, 4) is 0 Å². The minimum absolute atomic E-state index is 0.00625. The summed E-state index contributed by atoms with van der Waals surface area (Å²) in [6.07, 6.45) is 74.3. The number of carbonyl (C=O) groups is 2. The first-order valence-electron chi connectivity index (χ1n) is 31.2. The molecule has 0 aromatic carbocycles. The van der Waals surface area contributed by atoms with Crippen LogP contribution in [0, 0.1) is 0 Å². The Morgan fingerprint density at radius 3 is 1.14 bits per heavy atom. The summed E-state index contributed by atoms with van der Waals surface area (Å²) in [5.74, 6) is -0.0470. The average molecular weight is 985 g/mol. The van der Waals surface area contributed by atoms with E-state index in [4.69, 9.17) is 4.74 Å². The van der Waals surface area contributed by atoms with Crippen molar-refractivity contribution < 1.29 is 24.5 Å². The standard InChI is InChI=1S/C64H121NO5/c1-3-5-7-9-11-13-15-17-19-20-26-29-32-36-40-44-48-52-56-62(67)61(60-66)65-63(68)57-53-49-45-41-37-33-30-27-24-22-21-23-25-28-31-35-39-43-47-51-55-59-70-64(69)58-54-50-46-42-38-34-18-16-14-12-10-8-6-4-2/h10,12,16,18,22,24,61-62,66-67H,3-9,11,13-15,17,19-21,23,25-60H2,1-2H3,(H,65,68)/b12-10-,18-16-,24-22-. The quantitative estimate of drug-likeness (QED) is 0.0321. The van der Waals surface area contributed by atoms with Gasteiger partial charge in [0.1, 0.15) is 0 Å². The minimum Gasteiger partial charge on any atom is -0.466 e. The van der Waals surface area contributed by atoms with E-state index in [2.05, 4.69) is 55.6 Å². The highest BCUT2D eigenvalue weighted by Crippen LogP contribution is 2.17. The first-order chi connectivity index (χ1) is 34.5. The highest BCUT2D eigenvalue weighted by molar-refractivity contribution is 5.76. The third-order valence-corrected chi connectivity index (χ3v) is 14.4. The molecule has 412 valence electrons. The van der Waals surface area contributed by atoms with Crippen molar-refractivity contribution in [2.45, 2.75) is 347 Å². The van der Waals surface area contributed by atoms with Crippen molar-refractivity contribution in [1.29, 1.82) is 0 Å². The molecule has 1 amide bonds. The molecule has 0 aromatic heterocycles. The second-order valence-corrected chi connectivity index (χ2v) is 21.4. The van der Waals surface area contributed by atoms with Crippen LogP contribution in [0.5, 0.6) is 0 Å². The van der Waals surface area contributed by atoms with Gasteiger partial charge < -0.3 is 20.3 Å². The molecule has 0 radical (unpaired) electrons. The number of unbranched alkanes of at least 4 members (excludes halogenated alkanes) is 41. The molecule has 70 heavy (non-hydrogen) atoms. The highest BCUT2D eigenvalue weighted by Gasteiger charge is 2.20. The number of allylic oxidation sites excluding steroid dienone is 6. The van der Waals surface area contributed by atoms with Gasteiger partial charge in [0.25, 0.3) is 0 Å². The maximum atomic E-state index is 12.5. The van der Waals surface area contributed by atoms with Crippen LogP contribution in [-0.4, -0.2) is 47.4 Å². The Labute approximate surface area is 436 Å². The predicted molar refractivity (Wildman–Crippen MR) is 306 cm³/mol. The molecule has 0 saturated carbocycles. The second-order valence-electron chi connectivity index (χ2n) is 21.4. The Hall–Kier alpha value is -1.92. The van der Waals surface area contributed by atoms with Crippen LogP contribution >= 0.6 is 0 Å². The highest BCUT2D eigenvalue weighted by atomic mass is 16.5. The van der Waals surface area contributed by atoms with Crippen LogP contribution in [0.25, 0.3) is 0 Å². The van der Waals surface area contributed by atoms with E-state index in [-0.39, 0.29) is 18.5 Å². The summed E-state index contributed by atoms with van der Waals surface area (Å²) in [4.78, 5) is 24.5. The van der Waals surface area contributed by atoms with Gasteiger partial charge in [0, 0.05) is 12.8 Å². The number of aliphatic hydroxyl groups excluding tert-OH is 2. The number of nitrogens with one attached hydrogen (secondary N) is 1. The average Bonchev–Trinajstić information content (AvgIpc) is 3.36. The van der Waals surface area contributed by atoms with Crippen LogP contribution < -0.4 is 5.32 Å². The first-order valence-corrected chi connectivity index (χ1v) is 31.2. The lowest BCUT2D eigenvalue weighted by Gasteiger charge is -2.22. The van der Waals surface area contributed by atoms with Crippen LogP contribution in [-0.2, 0) is 14.3 Å². The van der Waals surface area contributed by atoms with Gasteiger partial charge in [-0.2, -0.15) is 0 Å². The van der Waals surface area contributed by atoms with Crippen LogP contribution in [0.3, 0.4) is 0 Å². The zero-order chi connectivity index (χ0) is 50.7. The number of hydrogen-bond acceptors (Lipinski definition) is 5. The fourth-order valence-electron chi connectivity index (χ4n) is 9.59. The normalized spacial score (nSPS) is 12.8. The molecule has 0 aromatic rings. The lowest BCUT2D eigenvalue weighted by molar-refractivity contribution is -0.143. The lowest BCUT2D eigenvalue weighted by Crippen LogP contribution is -2.45. The second kappa shape index (κ2) is 59.6. The predicted octanol–water partition coefficient (Wildman–Crippen LogP) is 19.6. The molecular weight excluding hydrogens is 863 g/mol. The summed E-state index contributed by atoms with van der Waals surface area (Å²) in [5.41, 5.74) is 0. The third-order valence-electron chi connectivity index (χ3n) is 14.4. The summed E-state index contributed by atoms with van der Waals surface area (Å²) >= 11 is 0. The van der Waals surface area contributed by atoms with E-state index < -0.39 is 12.1 Å². The SMILES string of the molecule is CCCC/C=C\C/C=C\CCCCCCCC(=O)OCCCCCCCCCCCC/C=C\CCCCCCCCCC(=O)NC(CO)C(O)CCCCCCCCCCCCCCCCCCCC. The number of esters is 1. The molecule has 6 heteroatoms. The van der Waals surface area contributed by atoms with Crippen molar-refractivity contribution in [2.75, 3.05) is 13.2 Å². The number of rotatable bonds is 58. The summed E-state index contributed by atoms with van der Waals surface area (Å²) < 4.78 is 5.47. The van der Waals surface area contributed by atoms with E-state index in [0.29, 0.717) is 25.9 Å². The lowest BCUT2D eigenvalue weighted by atomic mass is 10.0. The molecule has 0 spiro atoms. The minimum atomic E-state index is -0.670. The van der Waals surface area contributed by atoms with Crippen LogP contribution in [0.4, 0.5) is 0 Å². The van der Waals surface area contributed by atoms with E-state index in [1.54, 1.807) is 0 Å². The Kier molecular flexibility index (Phi) is 58.0. The zero-order valence-corrected chi connectivity index (χ0v) is 47.0. The van der Waals surface area contributed by atoms with Gasteiger partial charge in [0.05, 0.1) is 25.4 Å². The van der Waals surface area contributed by atoms with Gasteiger partial charge in [0.15, 0.2) is 0 Å². The maximum absolute atomic E-state index is 12.5. The Bertz CT molecular complexity index is 1130. The van der Waals surface area contributed by atoms with Crippen molar-refractivity contribution in [2.24, 2.45) is 0 Å². The van der Waals surface area contributed by atoms with E-state index in [1.807, 2.05) is 0 Å². The molecule has 3 N–H and O–H groups in total. The smallest absolute Gasteiger partial charge is 0.305 e. The van der Waals surface area contributed by atoms with E-state index >= 15 is 0 Å². The van der Waals surface area contributed by atoms with Crippen molar-refractivity contribution in [3.63, 3.8) is 0 Å². The number of hydrogen-bond donors (Lipinski definition) is 3. The Balaban J connectivity index is 3.43. The molecule has 0 aliphatic rings. The first kappa shape index (κ1) is 68.1. The topological polar surface area (TPSA) is 95.9 Å². The molecule has 0 aliphatic carbocycles. The maximum Gasteiger partial charge on any atom is 0.305 e. The van der Waals surface area contributed by atoms with Crippen LogP contribution in [0.1, 0.15) is 335 Å². The number of amides is 1. The van der Waals surface area contributed by atoms with Crippen molar-refractivity contribution >= 4 is 11.9 Å². The molecular formula is C64H121NO5. The van der Waals surface area contributed by atoms with Gasteiger partial charge in [-0.05, 0) is 77.0 Å². The zero-order valence-electron chi connectivity index (χ0n) is 47.0. The van der Waals surface area contributed by atoms with Gasteiger partial charge >= 0.3 is 5.97 Å². The van der Waals surface area contributed by atoms with Gasteiger partial charge in [-0.3, -0.25) is 9.59 Å². The van der Waals surface area contributed by atoms with Gasteiger partial charge in [-0.15, -0.1) is 0 Å². The largest absolute Gasteiger partial charge is 0.466 e. The fourth-order valence-corrected chi connectivity index (χ4v) is 9.59. The molecule has 2 atom stereocenters. The molecule has 0 fully saturated rings. The summed E-state index contributed by atoms with van der Waals surface area (Å²) in [6, 6.07) is -0.548. The fraction of sp³-hybridized carbons (Fsp3) is 0.875. The van der Waals surface area contributed by atoms with Crippen LogP contribution in [0.15, 0.2) is 36.5 Å². The molecule has 0 rings (SSSR count). The summed E-state index contributed by atoms with van der Waals surface area (Å²) in [5, 5.41) is 23.3. The number of ether oxygens (including phenoxy) is 1. The molecule has 6 nitrogen and oxygen atoms in total. The van der Waals surface area contributed by atoms with E-state index in [9.17, 15) is 19.8 Å². The van der Waals surface area contributed by atoms with Gasteiger partial charge in [-0.25, -0.2) is 0 Å². The molecule has 0 saturated heterocycles. The van der Waals surface area contributed by atoms with Crippen molar-refractivity contribution in [1.82, 2.24) is 5.32 Å². The molecule has 0 aliphatic heterocycles. The summed E-state index contributed by atoms with van der Waals surface area (Å²) in [7, 11) is 0. The van der Waals surface area contributed by atoms with Gasteiger partial charge in [-0.1, -0.05) is 281 Å². The number of aliphatic hydroxyl groups is 2. The molecule has 0 heterocycles. The van der Waals surface area contributed by atoms with Crippen molar-refractivity contribution in [3.05, 3.63) is 36.5 Å². The summed E-state index contributed by atoms with van der Waals surface area (Å²) in [6.45, 7) is 4.92. The van der Waals surface area contributed by atoms with E-state index in [0.717, 1.165) is 51.4 Å². The van der Waals surface area contributed by atoms with Gasteiger partial charge in [0.2, 0.25) is 5.91 Å². The third kappa shape index (κ3) is 55.4. The Morgan fingerprint density at radius 1 is 0.400 bits per heavy atom.